The van der Waals surface area contributed by atoms with Gasteiger partial charge in [-0.1, -0.05) is 19.9 Å². The number of nitrogens with one attached hydrogen (secondary N) is 1. The smallest absolute Gasteiger partial charge is 0.229 e. The SMILES string of the molecule is CCCN(CCC)C(C)c1ccc(O)c(NS(C)(=O)=O)c1. The number of anilines is 1. The second-order valence-electron chi connectivity index (χ2n) is 5.36. The molecule has 0 aliphatic carbocycles. The van der Waals surface area contributed by atoms with Crippen molar-refractivity contribution in [3.05, 3.63) is 23.8 Å². The van der Waals surface area contributed by atoms with Crippen LogP contribution in [0.2, 0.25) is 0 Å². The number of sulfonamides is 1. The molecule has 120 valence electrons. The monoisotopic (exact) mass is 314 g/mol. The van der Waals surface area contributed by atoms with E-state index in [1.54, 1.807) is 6.07 Å². The predicted octanol–water partition coefficient (Wildman–Crippen LogP) is 2.95. The van der Waals surface area contributed by atoms with E-state index in [1.807, 2.05) is 6.07 Å². The number of nitrogens with zero attached hydrogens (tertiary/aromatic N) is 1. The quantitative estimate of drug-likeness (QED) is 0.724. The first kappa shape index (κ1) is 17.8. The van der Waals surface area contributed by atoms with Gasteiger partial charge in [-0.15, -0.1) is 0 Å². The van der Waals surface area contributed by atoms with Crippen LogP contribution in [0.5, 0.6) is 5.75 Å². The molecule has 0 spiro atoms. The highest BCUT2D eigenvalue weighted by Gasteiger charge is 2.16. The molecule has 0 fully saturated rings. The number of hydrogen-bond acceptors (Lipinski definition) is 4. The predicted molar refractivity (Wildman–Crippen MR) is 87.1 cm³/mol. The number of benzene rings is 1. The van der Waals surface area contributed by atoms with E-state index in [4.69, 9.17) is 0 Å². The first-order valence-electron chi connectivity index (χ1n) is 7.33. The lowest BCUT2D eigenvalue weighted by Gasteiger charge is -2.29. The summed E-state index contributed by atoms with van der Waals surface area (Å²) in [7, 11) is -3.41. The Morgan fingerprint density at radius 1 is 1.24 bits per heavy atom. The number of aromatic hydroxyl groups is 1. The fraction of sp³-hybridized carbons (Fsp3) is 0.600. The van der Waals surface area contributed by atoms with Crippen LogP contribution in [0.3, 0.4) is 0 Å². The van der Waals surface area contributed by atoms with Crippen molar-refractivity contribution in [1.82, 2.24) is 4.90 Å². The molecule has 1 unspecified atom stereocenters. The molecule has 6 heteroatoms. The molecule has 0 saturated carbocycles. The maximum absolute atomic E-state index is 11.3. The third-order valence-electron chi connectivity index (χ3n) is 3.37. The summed E-state index contributed by atoms with van der Waals surface area (Å²) in [5.41, 5.74) is 1.22. The molecule has 2 N–H and O–H groups in total. The zero-order chi connectivity index (χ0) is 16.0. The molecule has 1 rings (SSSR count). The van der Waals surface area contributed by atoms with Crippen LogP contribution >= 0.6 is 0 Å². The summed E-state index contributed by atoms with van der Waals surface area (Å²) in [5, 5.41) is 9.78. The highest BCUT2D eigenvalue weighted by molar-refractivity contribution is 7.92. The van der Waals surface area contributed by atoms with Gasteiger partial charge in [0.15, 0.2) is 0 Å². The van der Waals surface area contributed by atoms with E-state index in [9.17, 15) is 13.5 Å². The lowest BCUT2D eigenvalue weighted by atomic mass is 10.1. The first-order valence-corrected chi connectivity index (χ1v) is 9.22. The molecule has 1 atom stereocenters. The first-order chi connectivity index (χ1) is 9.78. The molecule has 0 heterocycles. The van der Waals surface area contributed by atoms with Crippen LogP contribution in [0.25, 0.3) is 0 Å². The van der Waals surface area contributed by atoms with E-state index < -0.39 is 10.0 Å². The van der Waals surface area contributed by atoms with Gasteiger partial charge >= 0.3 is 0 Å². The van der Waals surface area contributed by atoms with Crippen molar-refractivity contribution in [3.8, 4) is 5.75 Å². The minimum atomic E-state index is -3.41. The molecule has 1 aromatic carbocycles. The van der Waals surface area contributed by atoms with Crippen molar-refractivity contribution in [2.24, 2.45) is 0 Å². The summed E-state index contributed by atoms with van der Waals surface area (Å²) in [6.45, 7) is 8.36. The van der Waals surface area contributed by atoms with Gasteiger partial charge in [-0.05, 0) is 50.6 Å². The highest BCUT2D eigenvalue weighted by Crippen LogP contribution is 2.30. The molecule has 0 aliphatic rings. The van der Waals surface area contributed by atoms with E-state index in [1.165, 1.54) is 6.07 Å². The average molecular weight is 314 g/mol. The van der Waals surface area contributed by atoms with Gasteiger partial charge in [0.25, 0.3) is 0 Å². The van der Waals surface area contributed by atoms with E-state index in [2.05, 4.69) is 30.4 Å². The fourth-order valence-corrected chi connectivity index (χ4v) is 2.94. The molecule has 0 saturated heterocycles. The van der Waals surface area contributed by atoms with Gasteiger partial charge in [-0.25, -0.2) is 8.42 Å². The van der Waals surface area contributed by atoms with E-state index in [-0.39, 0.29) is 17.5 Å². The van der Waals surface area contributed by atoms with Crippen LogP contribution in [-0.2, 0) is 10.0 Å². The molecule has 0 radical (unpaired) electrons. The van der Waals surface area contributed by atoms with Crippen molar-refractivity contribution in [3.63, 3.8) is 0 Å². The minimum Gasteiger partial charge on any atom is -0.506 e. The van der Waals surface area contributed by atoms with E-state index >= 15 is 0 Å². The second kappa shape index (κ2) is 7.66. The van der Waals surface area contributed by atoms with Crippen LogP contribution < -0.4 is 4.72 Å². The Bertz CT molecular complexity index is 552. The Morgan fingerprint density at radius 3 is 2.29 bits per heavy atom. The molecule has 1 aromatic rings. The highest BCUT2D eigenvalue weighted by atomic mass is 32.2. The van der Waals surface area contributed by atoms with Gasteiger partial charge in [-0.2, -0.15) is 0 Å². The minimum absolute atomic E-state index is 0.0612. The van der Waals surface area contributed by atoms with Gasteiger partial charge in [-0.3, -0.25) is 9.62 Å². The maximum Gasteiger partial charge on any atom is 0.229 e. The van der Waals surface area contributed by atoms with Crippen molar-refractivity contribution in [2.45, 2.75) is 39.7 Å². The molecular formula is C15H26N2O3S. The zero-order valence-corrected chi connectivity index (χ0v) is 14.1. The van der Waals surface area contributed by atoms with Gasteiger partial charge in [0.2, 0.25) is 10.0 Å². The number of rotatable bonds is 8. The molecule has 0 aliphatic heterocycles. The third-order valence-corrected chi connectivity index (χ3v) is 3.96. The van der Waals surface area contributed by atoms with Crippen LogP contribution in [0.15, 0.2) is 18.2 Å². The lowest BCUT2D eigenvalue weighted by Crippen LogP contribution is -2.28. The molecule has 21 heavy (non-hydrogen) atoms. The molecule has 0 amide bonds. The average Bonchev–Trinajstić information content (AvgIpc) is 2.39. The summed E-state index contributed by atoms with van der Waals surface area (Å²) in [5.74, 6) is -0.0612. The van der Waals surface area contributed by atoms with Gasteiger partial charge < -0.3 is 5.11 Å². The molecule has 0 aromatic heterocycles. The number of hydrogen-bond donors (Lipinski definition) is 2. The third kappa shape index (κ3) is 5.55. The Hall–Kier alpha value is -1.27. The topological polar surface area (TPSA) is 69.6 Å². The van der Waals surface area contributed by atoms with E-state index in [0.29, 0.717) is 0 Å². The fourth-order valence-electron chi connectivity index (χ4n) is 2.38. The maximum atomic E-state index is 11.3. The van der Waals surface area contributed by atoms with Crippen LogP contribution in [0.4, 0.5) is 5.69 Å². The summed E-state index contributed by atoms with van der Waals surface area (Å²) in [4.78, 5) is 2.36. The standard InChI is InChI=1S/C15H26N2O3S/c1-5-9-17(10-6-2)12(3)13-7-8-15(18)14(11-13)16-21(4,19)20/h7-8,11-12,16,18H,5-6,9-10H2,1-4H3. The number of phenols is 1. The van der Waals surface area contributed by atoms with Gasteiger partial charge in [0.05, 0.1) is 11.9 Å². The second-order valence-corrected chi connectivity index (χ2v) is 7.11. The summed E-state index contributed by atoms with van der Waals surface area (Å²) >= 11 is 0. The van der Waals surface area contributed by atoms with Crippen molar-refractivity contribution < 1.29 is 13.5 Å². The summed E-state index contributed by atoms with van der Waals surface area (Å²) in [6, 6.07) is 5.26. The van der Waals surface area contributed by atoms with Crippen molar-refractivity contribution in [1.29, 1.82) is 0 Å². The van der Waals surface area contributed by atoms with Crippen molar-refractivity contribution >= 4 is 15.7 Å². The van der Waals surface area contributed by atoms with Crippen LogP contribution in [-0.4, -0.2) is 37.8 Å². The Kier molecular flexibility index (Phi) is 6.48. The largest absolute Gasteiger partial charge is 0.506 e. The van der Waals surface area contributed by atoms with Crippen molar-refractivity contribution in [2.75, 3.05) is 24.1 Å². The van der Waals surface area contributed by atoms with Gasteiger partial charge in [0.1, 0.15) is 5.75 Å². The van der Waals surface area contributed by atoms with Crippen LogP contribution in [0, 0.1) is 0 Å². The Morgan fingerprint density at radius 2 is 1.81 bits per heavy atom. The summed E-state index contributed by atoms with van der Waals surface area (Å²) < 4.78 is 25.0. The normalized spacial score (nSPS) is 13.4. The van der Waals surface area contributed by atoms with E-state index in [0.717, 1.165) is 37.8 Å². The Balaban J connectivity index is 3.04. The molecule has 5 nitrogen and oxygen atoms in total. The number of phenolic OH excluding ortho intramolecular Hbond substituents is 1. The summed E-state index contributed by atoms with van der Waals surface area (Å²) in [6.07, 6.45) is 3.21. The lowest BCUT2D eigenvalue weighted by molar-refractivity contribution is 0.211. The Labute approximate surface area is 128 Å². The van der Waals surface area contributed by atoms with Gasteiger partial charge in [0, 0.05) is 6.04 Å². The molecular weight excluding hydrogens is 288 g/mol. The zero-order valence-electron chi connectivity index (χ0n) is 13.3. The molecule has 0 bridgehead atoms. The van der Waals surface area contributed by atoms with Crippen LogP contribution in [0.1, 0.15) is 45.2 Å².